The molecule has 2 atom stereocenters. The second kappa shape index (κ2) is 7.57. The van der Waals surface area contributed by atoms with E-state index in [0.717, 1.165) is 19.4 Å². The van der Waals surface area contributed by atoms with Crippen LogP contribution in [0.3, 0.4) is 0 Å². The Hall–Kier alpha value is -1.83. The number of aliphatic carboxylic acids is 2. The van der Waals surface area contributed by atoms with E-state index >= 15 is 0 Å². The maximum Gasteiger partial charge on any atom is 0.326 e. The maximum absolute atomic E-state index is 11.4. The molecule has 0 aromatic carbocycles. The Bertz CT molecular complexity index is 340. The van der Waals surface area contributed by atoms with Gasteiger partial charge in [0.25, 0.3) is 0 Å². The highest BCUT2D eigenvalue weighted by atomic mass is 16.5. The molecular weight excluding hydrogens is 256 g/mol. The van der Waals surface area contributed by atoms with Crippen molar-refractivity contribution in [3.05, 3.63) is 0 Å². The van der Waals surface area contributed by atoms with Crippen molar-refractivity contribution in [2.75, 3.05) is 13.2 Å². The Labute approximate surface area is 110 Å². The van der Waals surface area contributed by atoms with Gasteiger partial charge >= 0.3 is 18.0 Å². The molecule has 0 bridgehead atoms. The van der Waals surface area contributed by atoms with Crippen molar-refractivity contribution in [1.29, 1.82) is 0 Å². The van der Waals surface area contributed by atoms with Crippen LogP contribution in [0.1, 0.15) is 25.7 Å². The predicted octanol–water partition coefficient (Wildman–Crippen LogP) is -0.217. The van der Waals surface area contributed by atoms with Gasteiger partial charge in [-0.15, -0.1) is 0 Å². The van der Waals surface area contributed by atoms with E-state index in [-0.39, 0.29) is 6.10 Å². The summed E-state index contributed by atoms with van der Waals surface area (Å²) in [6, 6.07) is -2.12. The van der Waals surface area contributed by atoms with Crippen LogP contribution in [0.2, 0.25) is 0 Å². The largest absolute Gasteiger partial charge is 0.481 e. The molecule has 0 aromatic rings. The lowest BCUT2D eigenvalue weighted by atomic mass is 10.2. The number of carbonyl (C=O) groups is 3. The molecule has 1 unspecified atom stereocenters. The Morgan fingerprint density at radius 1 is 1.32 bits per heavy atom. The number of urea groups is 1. The highest BCUT2D eigenvalue weighted by Gasteiger charge is 2.23. The molecule has 0 saturated carbocycles. The summed E-state index contributed by atoms with van der Waals surface area (Å²) in [6.45, 7) is 1.09. The topological polar surface area (TPSA) is 125 Å². The number of hydrogen-bond donors (Lipinski definition) is 4. The first-order chi connectivity index (χ1) is 8.99. The minimum absolute atomic E-state index is 0.134. The molecule has 0 aromatic heterocycles. The van der Waals surface area contributed by atoms with E-state index in [0.29, 0.717) is 13.0 Å². The van der Waals surface area contributed by atoms with Gasteiger partial charge in [-0.2, -0.15) is 0 Å². The van der Waals surface area contributed by atoms with Crippen LogP contribution < -0.4 is 10.6 Å². The van der Waals surface area contributed by atoms with Crippen LogP contribution in [0.4, 0.5) is 4.79 Å². The average Bonchev–Trinajstić information content (AvgIpc) is 2.80. The third-order valence-corrected chi connectivity index (χ3v) is 2.76. The van der Waals surface area contributed by atoms with Gasteiger partial charge < -0.3 is 25.6 Å². The maximum atomic E-state index is 11.4. The van der Waals surface area contributed by atoms with E-state index in [1.54, 1.807) is 0 Å². The van der Waals surface area contributed by atoms with Crippen molar-refractivity contribution in [1.82, 2.24) is 10.6 Å². The van der Waals surface area contributed by atoms with E-state index in [1.807, 2.05) is 0 Å². The third-order valence-electron chi connectivity index (χ3n) is 2.76. The smallest absolute Gasteiger partial charge is 0.326 e. The lowest BCUT2D eigenvalue weighted by Crippen LogP contribution is -2.47. The van der Waals surface area contributed by atoms with Gasteiger partial charge in [0.05, 0.1) is 12.5 Å². The highest BCUT2D eigenvalue weighted by molar-refractivity contribution is 5.86. The van der Waals surface area contributed by atoms with E-state index in [1.165, 1.54) is 0 Å². The molecule has 2 amide bonds. The van der Waals surface area contributed by atoms with Gasteiger partial charge in [-0.1, -0.05) is 0 Å². The lowest BCUT2D eigenvalue weighted by molar-refractivity contribution is -0.145. The molecule has 8 heteroatoms. The van der Waals surface area contributed by atoms with E-state index in [4.69, 9.17) is 14.9 Å². The predicted molar refractivity (Wildman–Crippen MR) is 63.8 cm³/mol. The number of hydrogen-bond acceptors (Lipinski definition) is 4. The molecule has 108 valence electrons. The molecule has 1 rings (SSSR count). The quantitative estimate of drug-likeness (QED) is 0.508. The first kappa shape index (κ1) is 15.2. The number of amides is 2. The Kier molecular flexibility index (Phi) is 6.07. The zero-order valence-electron chi connectivity index (χ0n) is 10.4. The highest BCUT2D eigenvalue weighted by Crippen LogP contribution is 2.14. The third kappa shape index (κ3) is 6.05. The van der Waals surface area contributed by atoms with Gasteiger partial charge in [0.1, 0.15) is 6.04 Å². The Morgan fingerprint density at radius 3 is 2.58 bits per heavy atom. The van der Waals surface area contributed by atoms with Crippen LogP contribution in [-0.4, -0.2) is 53.5 Å². The Morgan fingerprint density at radius 2 is 2.05 bits per heavy atom. The normalized spacial score (nSPS) is 19.7. The number of nitrogens with one attached hydrogen (secondary N) is 2. The van der Waals surface area contributed by atoms with Gasteiger partial charge in [0.2, 0.25) is 0 Å². The Balaban J connectivity index is 2.23. The first-order valence-corrected chi connectivity index (χ1v) is 6.09. The van der Waals surface area contributed by atoms with Gasteiger partial charge in [-0.3, -0.25) is 4.79 Å². The summed E-state index contributed by atoms with van der Waals surface area (Å²) in [5.74, 6) is -2.66. The number of carbonyl (C=O) groups excluding carboxylic acids is 1. The summed E-state index contributed by atoms with van der Waals surface area (Å²) in [7, 11) is 0. The van der Waals surface area contributed by atoms with E-state index in [2.05, 4.69) is 10.6 Å². The zero-order chi connectivity index (χ0) is 14.3. The van der Waals surface area contributed by atoms with Gasteiger partial charge in [0, 0.05) is 13.2 Å². The molecule has 1 aliphatic heterocycles. The fourth-order valence-electron chi connectivity index (χ4n) is 1.80. The zero-order valence-corrected chi connectivity index (χ0v) is 10.4. The standard InChI is InChI=1S/C11H18N2O6/c14-9(15)6-8(10(16)17)13-11(18)12-4-3-7-2-1-5-19-7/h7-8H,1-6H2,(H,14,15)(H,16,17)(H2,12,13,18)/t7?,8-/m1/s1. The van der Waals surface area contributed by atoms with E-state index in [9.17, 15) is 14.4 Å². The molecule has 8 nitrogen and oxygen atoms in total. The second-order valence-electron chi connectivity index (χ2n) is 4.31. The summed E-state index contributed by atoms with van der Waals surface area (Å²) < 4.78 is 5.36. The summed E-state index contributed by atoms with van der Waals surface area (Å²) in [4.78, 5) is 32.6. The molecule has 1 aliphatic rings. The molecule has 0 radical (unpaired) electrons. The van der Waals surface area contributed by atoms with Crippen molar-refractivity contribution < 1.29 is 29.3 Å². The SMILES string of the molecule is O=C(O)C[C@@H](NC(=O)NCCC1CCCO1)C(=O)O. The summed E-state index contributed by atoms with van der Waals surface area (Å²) in [6.07, 6.45) is 2.10. The van der Waals surface area contributed by atoms with Crippen LogP contribution in [-0.2, 0) is 14.3 Å². The average molecular weight is 274 g/mol. The fraction of sp³-hybridized carbons (Fsp3) is 0.727. The molecule has 4 N–H and O–H groups in total. The van der Waals surface area contributed by atoms with Crippen molar-refractivity contribution in [3.8, 4) is 0 Å². The molecular formula is C11H18N2O6. The van der Waals surface area contributed by atoms with Crippen LogP contribution in [0.25, 0.3) is 0 Å². The van der Waals surface area contributed by atoms with E-state index < -0.39 is 30.4 Å². The first-order valence-electron chi connectivity index (χ1n) is 6.09. The van der Waals surface area contributed by atoms with Crippen LogP contribution in [0.15, 0.2) is 0 Å². The molecule has 1 heterocycles. The van der Waals surface area contributed by atoms with Crippen LogP contribution in [0.5, 0.6) is 0 Å². The fourth-order valence-corrected chi connectivity index (χ4v) is 1.80. The molecule has 1 saturated heterocycles. The molecule has 0 aliphatic carbocycles. The minimum atomic E-state index is -1.43. The number of carboxylic acids is 2. The molecule has 19 heavy (non-hydrogen) atoms. The number of ether oxygens (including phenoxy) is 1. The molecule has 1 fully saturated rings. The summed E-state index contributed by atoms with van der Waals surface area (Å²) in [5, 5.41) is 21.8. The van der Waals surface area contributed by atoms with Crippen LogP contribution >= 0.6 is 0 Å². The molecule has 0 spiro atoms. The van der Waals surface area contributed by atoms with Crippen molar-refractivity contribution in [3.63, 3.8) is 0 Å². The summed E-state index contributed by atoms with van der Waals surface area (Å²) >= 11 is 0. The van der Waals surface area contributed by atoms with Crippen molar-refractivity contribution in [2.24, 2.45) is 0 Å². The minimum Gasteiger partial charge on any atom is -0.481 e. The summed E-state index contributed by atoms with van der Waals surface area (Å²) in [5.41, 5.74) is 0. The number of rotatable bonds is 7. The van der Waals surface area contributed by atoms with Crippen molar-refractivity contribution >= 4 is 18.0 Å². The number of carboxylic acid groups (broad SMARTS) is 2. The van der Waals surface area contributed by atoms with Gasteiger partial charge in [-0.25, -0.2) is 9.59 Å². The monoisotopic (exact) mass is 274 g/mol. The second-order valence-corrected chi connectivity index (χ2v) is 4.31. The van der Waals surface area contributed by atoms with Crippen LogP contribution in [0, 0.1) is 0 Å². The van der Waals surface area contributed by atoms with Crippen molar-refractivity contribution in [2.45, 2.75) is 37.8 Å². The van der Waals surface area contributed by atoms with Gasteiger partial charge in [-0.05, 0) is 19.3 Å². The van der Waals surface area contributed by atoms with Gasteiger partial charge in [0.15, 0.2) is 0 Å². The lowest BCUT2D eigenvalue weighted by Gasteiger charge is -2.14.